The Morgan fingerprint density at radius 3 is 2.46 bits per heavy atom. The van der Waals surface area contributed by atoms with Gasteiger partial charge in [0.2, 0.25) is 0 Å². The van der Waals surface area contributed by atoms with Gasteiger partial charge in [-0.2, -0.15) is 0 Å². The van der Waals surface area contributed by atoms with Crippen molar-refractivity contribution in [2.24, 2.45) is 0 Å². The highest BCUT2D eigenvalue weighted by Crippen LogP contribution is 2.15. The maximum atomic E-state index is 13.6. The number of nitrogens with one attached hydrogen (secondary N) is 1. The molecule has 2 aromatic carbocycles. The molecule has 0 atom stereocenters. The Hall–Kier alpha value is -3.28. The normalized spacial score (nSPS) is 10.6. The Morgan fingerprint density at radius 1 is 1.04 bits per heavy atom. The first kappa shape index (κ1) is 17.5. The molecule has 0 saturated heterocycles. The Bertz CT molecular complexity index is 962. The van der Waals surface area contributed by atoms with E-state index < -0.39 is 17.5 Å². The van der Waals surface area contributed by atoms with Crippen molar-refractivity contribution in [1.82, 2.24) is 4.57 Å². The van der Waals surface area contributed by atoms with Crippen molar-refractivity contribution in [3.8, 4) is 0 Å². The van der Waals surface area contributed by atoms with Crippen LogP contribution >= 0.6 is 0 Å². The lowest BCUT2D eigenvalue weighted by molar-refractivity contribution is -0.112. The van der Waals surface area contributed by atoms with Gasteiger partial charge in [-0.1, -0.05) is 18.2 Å². The minimum atomic E-state index is -0.854. The molecule has 132 valence electrons. The molecule has 26 heavy (non-hydrogen) atoms. The van der Waals surface area contributed by atoms with Gasteiger partial charge in [0, 0.05) is 18.4 Å². The van der Waals surface area contributed by atoms with E-state index in [2.05, 4.69) is 5.32 Å². The summed E-state index contributed by atoms with van der Waals surface area (Å²) in [7, 11) is 0. The molecule has 0 saturated carbocycles. The van der Waals surface area contributed by atoms with Crippen LogP contribution in [0.4, 0.5) is 14.5 Å². The van der Waals surface area contributed by atoms with E-state index in [0.717, 1.165) is 11.6 Å². The SMILES string of the molecule is Cc1ccc(NC(=O)C(=O)c2cccn2Cc2ccc(F)cc2)cc1F. The molecule has 0 fully saturated rings. The number of Topliss-reactive ketones (excluding diaryl/α,β-unsaturated/α-hetero) is 1. The number of carbonyl (C=O) groups excluding carboxylic acids is 2. The molecule has 3 rings (SSSR count). The molecule has 0 radical (unpaired) electrons. The molecule has 3 aromatic rings. The molecular weight excluding hydrogens is 338 g/mol. The molecular formula is C20H16F2N2O2. The summed E-state index contributed by atoms with van der Waals surface area (Å²) in [5.74, 6) is -2.40. The van der Waals surface area contributed by atoms with Gasteiger partial charge in [0.15, 0.2) is 0 Å². The van der Waals surface area contributed by atoms with Crippen molar-refractivity contribution >= 4 is 17.4 Å². The van der Waals surface area contributed by atoms with Gasteiger partial charge in [0.1, 0.15) is 11.6 Å². The van der Waals surface area contributed by atoms with Crippen LogP contribution in [0.3, 0.4) is 0 Å². The summed E-state index contributed by atoms with van der Waals surface area (Å²) in [5.41, 5.74) is 1.64. The van der Waals surface area contributed by atoms with Gasteiger partial charge >= 0.3 is 0 Å². The summed E-state index contributed by atoms with van der Waals surface area (Å²) in [5, 5.41) is 2.41. The largest absolute Gasteiger partial charge is 0.340 e. The van der Waals surface area contributed by atoms with E-state index in [1.54, 1.807) is 35.9 Å². The van der Waals surface area contributed by atoms with Crippen LogP contribution in [-0.4, -0.2) is 16.3 Å². The van der Waals surface area contributed by atoms with E-state index in [1.165, 1.54) is 30.3 Å². The van der Waals surface area contributed by atoms with Gasteiger partial charge in [0.25, 0.3) is 11.7 Å². The first-order chi connectivity index (χ1) is 12.4. The van der Waals surface area contributed by atoms with Gasteiger partial charge in [-0.25, -0.2) is 8.78 Å². The molecule has 6 heteroatoms. The van der Waals surface area contributed by atoms with E-state index in [4.69, 9.17) is 0 Å². The van der Waals surface area contributed by atoms with Crippen molar-refractivity contribution < 1.29 is 18.4 Å². The molecule has 4 nitrogen and oxygen atoms in total. The molecule has 1 N–H and O–H groups in total. The third-order valence-corrected chi connectivity index (χ3v) is 3.96. The van der Waals surface area contributed by atoms with Gasteiger partial charge in [0.05, 0.1) is 5.69 Å². The van der Waals surface area contributed by atoms with Crippen LogP contribution in [0.25, 0.3) is 0 Å². The lowest BCUT2D eigenvalue weighted by Crippen LogP contribution is -2.25. The molecule has 0 unspecified atom stereocenters. The Labute approximate surface area is 149 Å². The Balaban J connectivity index is 1.75. The number of rotatable bonds is 5. The maximum absolute atomic E-state index is 13.6. The molecule has 1 amide bonds. The van der Waals surface area contributed by atoms with Gasteiger partial charge < -0.3 is 9.88 Å². The van der Waals surface area contributed by atoms with E-state index in [0.29, 0.717) is 12.1 Å². The zero-order valence-corrected chi connectivity index (χ0v) is 14.0. The van der Waals surface area contributed by atoms with Crippen LogP contribution in [0.15, 0.2) is 60.8 Å². The van der Waals surface area contributed by atoms with E-state index in [-0.39, 0.29) is 17.2 Å². The molecule has 0 bridgehead atoms. The van der Waals surface area contributed by atoms with Gasteiger partial charge in [-0.05, 0) is 54.4 Å². The number of aromatic nitrogens is 1. The highest BCUT2D eigenvalue weighted by atomic mass is 19.1. The highest BCUT2D eigenvalue weighted by Gasteiger charge is 2.20. The molecule has 1 heterocycles. The fourth-order valence-electron chi connectivity index (χ4n) is 2.52. The lowest BCUT2D eigenvalue weighted by Gasteiger charge is -2.09. The number of benzene rings is 2. The number of anilines is 1. The fraction of sp³-hybridized carbons (Fsp3) is 0.100. The standard InChI is InChI=1S/C20H16F2N2O2/c1-13-4-9-16(11-17(13)22)23-20(26)19(25)18-3-2-10-24(18)12-14-5-7-15(21)8-6-14/h2-11H,12H2,1H3,(H,23,26). The summed E-state index contributed by atoms with van der Waals surface area (Å²) in [6.45, 7) is 1.93. The van der Waals surface area contributed by atoms with Gasteiger partial charge in [-0.15, -0.1) is 0 Å². The summed E-state index contributed by atoms with van der Waals surface area (Å²) in [4.78, 5) is 24.7. The topological polar surface area (TPSA) is 51.1 Å². The Kier molecular flexibility index (Phi) is 4.93. The second-order valence-corrected chi connectivity index (χ2v) is 5.90. The predicted octanol–water partition coefficient (Wildman–Crippen LogP) is 3.94. The highest BCUT2D eigenvalue weighted by molar-refractivity contribution is 6.46. The zero-order chi connectivity index (χ0) is 18.7. The number of halogens is 2. The number of amides is 1. The van der Waals surface area contributed by atoms with Crippen LogP contribution < -0.4 is 5.32 Å². The second-order valence-electron chi connectivity index (χ2n) is 5.90. The quantitative estimate of drug-likeness (QED) is 0.557. The van der Waals surface area contributed by atoms with Crippen molar-refractivity contribution in [2.75, 3.05) is 5.32 Å². The number of aryl methyl sites for hydroxylation is 1. The summed E-state index contributed by atoms with van der Waals surface area (Å²) in [6.07, 6.45) is 1.66. The average molecular weight is 354 g/mol. The van der Waals surface area contributed by atoms with E-state index in [9.17, 15) is 18.4 Å². The first-order valence-corrected chi connectivity index (χ1v) is 7.95. The lowest BCUT2D eigenvalue weighted by atomic mass is 10.2. The monoisotopic (exact) mass is 354 g/mol. The number of ketones is 1. The number of hydrogen-bond acceptors (Lipinski definition) is 2. The third kappa shape index (κ3) is 3.85. The number of carbonyl (C=O) groups is 2. The summed E-state index contributed by atoms with van der Waals surface area (Å²) < 4.78 is 28.2. The molecule has 0 aliphatic carbocycles. The van der Waals surface area contributed by atoms with Crippen LogP contribution in [0, 0.1) is 18.6 Å². The molecule has 0 spiro atoms. The van der Waals surface area contributed by atoms with Gasteiger partial charge in [-0.3, -0.25) is 9.59 Å². The number of hydrogen-bond donors (Lipinski definition) is 1. The minimum Gasteiger partial charge on any atom is -0.340 e. The zero-order valence-electron chi connectivity index (χ0n) is 14.0. The minimum absolute atomic E-state index is 0.194. The Morgan fingerprint density at radius 2 is 1.77 bits per heavy atom. The van der Waals surface area contributed by atoms with Crippen molar-refractivity contribution in [3.05, 3.63) is 89.2 Å². The summed E-state index contributed by atoms with van der Waals surface area (Å²) >= 11 is 0. The van der Waals surface area contributed by atoms with Crippen LogP contribution in [-0.2, 0) is 11.3 Å². The average Bonchev–Trinajstić information content (AvgIpc) is 3.07. The fourth-order valence-corrected chi connectivity index (χ4v) is 2.52. The molecule has 0 aliphatic rings. The van der Waals surface area contributed by atoms with Crippen molar-refractivity contribution in [1.29, 1.82) is 0 Å². The van der Waals surface area contributed by atoms with Crippen molar-refractivity contribution in [2.45, 2.75) is 13.5 Å². The maximum Gasteiger partial charge on any atom is 0.298 e. The van der Waals surface area contributed by atoms with Crippen LogP contribution in [0.5, 0.6) is 0 Å². The van der Waals surface area contributed by atoms with Crippen LogP contribution in [0.1, 0.15) is 21.6 Å². The molecule has 1 aromatic heterocycles. The molecule has 0 aliphatic heterocycles. The smallest absolute Gasteiger partial charge is 0.298 e. The third-order valence-electron chi connectivity index (χ3n) is 3.96. The number of nitrogens with zero attached hydrogens (tertiary/aromatic N) is 1. The van der Waals surface area contributed by atoms with Crippen LogP contribution in [0.2, 0.25) is 0 Å². The van der Waals surface area contributed by atoms with Crippen molar-refractivity contribution in [3.63, 3.8) is 0 Å². The first-order valence-electron chi connectivity index (χ1n) is 7.95. The van der Waals surface area contributed by atoms with E-state index >= 15 is 0 Å². The second kappa shape index (κ2) is 7.31. The predicted molar refractivity (Wildman–Crippen MR) is 94.0 cm³/mol. The summed E-state index contributed by atoms with van der Waals surface area (Å²) in [6, 6.07) is 13.3. The van der Waals surface area contributed by atoms with E-state index in [1.807, 2.05) is 0 Å².